The quantitative estimate of drug-likeness (QED) is 0.171. The molecule has 4 rings (SSSR count). The summed E-state index contributed by atoms with van der Waals surface area (Å²) in [6.45, 7) is 20.7. The minimum atomic E-state index is 0.273. The lowest BCUT2D eigenvalue weighted by atomic mass is 10.1. The average molecular weight is 572 g/mol. The third-order valence-electron chi connectivity index (χ3n) is 7.00. The van der Waals surface area contributed by atoms with Crippen molar-refractivity contribution in [1.29, 1.82) is 0 Å². The maximum absolute atomic E-state index is 5.81. The van der Waals surface area contributed by atoms with Crippen LogP contribution in [0.2, 0.25) is 0 Å². The molecular formula is C36H49N3O3. The lowest BCUT2D eigenvalue weighted by molar-refractivity contribution is 0.174. The first kappa shape index (κ1) is 32.7. The molecule has 0 spiro atoms. The average Bonchev–Trinajstić information content (AvgIpc) is 3.62. The molecule has 6 nitrogen and oxygen atoms in total. The van der Waals surface area contributed by atoms with Crippen LogP contribution in [0, 0.1) is 0 Å². The summed E-state index contributed by atoms with van der Waals surface area (Å²) < 4.78 is 19.5. The van der Waals surface area contributed by atoms with Crippen LogP contribution in [0.1, 0.15) is 82.7 Å². The maximum Gasteiger partial charge on any atom is 0.231 e. The second kappa shape index (κ2) is 17.2. The van der Waals surface area contributed by atoms with Crippen LogP contribution in [-0.4, -0.2) is 27.9 Å². The molecular weight excluding hydrogens is 522 g/mol. The first-order valence-electron chi connectivity index (χ1n) is 15.5. The fourth-order valence-electron chi connectivity index (χ4n) is 5.06. The SMILES string of the molecule is C=C/C(=C\C=C/C)c1nc(CC)n(CCCC)c1CN(Cc1cccc(OCC)c1)Cc1ccc2c(c1)OCO2.CC. The van der Waals surface area contributed by atoms with Crippen molar-refractivity contribution in [3.63, 3.8) is 0 Å². The molecule has 0 aliphatic carbocycles. The summed E-state index contributed by atoms with van der Waals surface area (Å²) in [7, 11) is 0. The minimum Gasteiger partial charge on any atom is -0.494 e. The van der Waals surface area contributed by atoms with Gasteiger partial charge >= 0.3 is 0 Å². The van der Waals surface area contributed by atoms with Gasteiger partial charge in [0.1, 0.15) is 11.6 Å². The molecule has 226 valence electrons. The number of aromatic nitrogens is 2. The van der Waals surface area contributed by atoms with E-state index < -0.39 is 0 Å². The van der Waals surface area contributed by atoms with E-state index in [1.807, 2.05) is 52.0 Å². The molecule has 0 saturated heterocycles. The molecule has 0 fully saturated rings. The fraction of sp³-hybridized carbons (Fsp3) is 0.417. The van der Waals surface area contributed by atoms with Gasteiger partial charge in [0.15, 0.2) is 11.5 Å². The Morgan fingerprint density at radius 2 is 1.79 bits per heavy atom. The first-order valence-corrected chi connectivity index (χ1v) is 15.5. The van der Waals surface area contributed by atoms with Crippen LogP contribution >= 0.6 is 0 Å². The third-order valence-corrected chi connectivity index (χ3v) is 7.00. The van der Waals surface area contributed by atoms with Crippen molar-refractivity contribution in [3.05, 3.63) is 102 Å². The number of ether oxygens (including phenoxy) is 3. The number of aryl methyl sites for hydroxylation is 1. The summed E-state index contributed by atoms with van der Waals surface area (Å²) in [5.74, 6) is 3.62. The molecule has 1 aliphatic rings. The lowest BCUT2D eigenvalue weighted by Gasteiger charge is -2.25. The molecule has 0 N–H and O–H groups in total. The number of unbranched alkanes of at least 4 members (excludes halogenated alkanes) is 1. The van der Waals surface area contributed by atoms with Crippen molar-refractivity contribution in [2.75, 3.05) is 13.4 Å². The van der Waals surface area contributed by atoms with E-state index in [4.69, 9.17) is 19.2 Å². The summed E-state index contributed by atoms with van der Waals surface area (Å²) in [5.41, 5.74) is 5.66. The lowest BCUT2D eigenvalue weighted by Crippen LogP contribution is -2.25. The molecule has 1 aromatic heterocycles. The van der Waals surface area contributed by atoms with Crippen molar-refractivity contribution in [2.45, 2.75) is 87.0 Å². The summed E-state index contributed by atoms with van der Waals surface area (Å²) in [4.78, 5) is 7.64. The summed E-state index contributed by atoms with van der Waals surface area (Å²) >= 11 is 0. The van der Waals surface area contributed by atoms with Gasteiger partial charge in [0.2, 0.25) is 6.79 Å². The van der Waals surface area contributed by atoms with Crippen LogP contribution in [0.3, 0.4) is 0 Å². The maximum atomic E-state index is 5.81. The van der Waals surface area contributed by atoms with Gasteiger partial charge in [-0.1, -0.05) is 83.2 Å². The second-order valence-corrected chi connectivity index (χ2v) is 9.95. The van der Waals surface area contributed by atoms with Crippen LogP contribution in [0.5, 0.6) is 17.2 Å². The molecule has 0 amide bonds. The van der Waals surface area contributed by atoms with Crippen LogP contribution in [0.4, 0.5) is 0 Å². The summed E-state index contributed by atoms with van der Waals surface area (Å²) in [6, 6.07) is 14.6. The second-order valence-electron chi connectivity index (χ2n) is 9.95. The Morgan fingerprint density at radius 3 is 2.48 bits per heavy atom. The summed E-state index contributed by atoms with van der Waals surface area (Å²) in [5, 5.41) is 0. The fourth-order valence-corrected chi connectivity index (χ4v) is 5.06. The molecule has 2 heterocycles. The Bertz CT molecular complexity index is 1340. The number of imidazole rings is 1. The van der Waals surface area contributed by atoms with Crippen molar-refractivity contribution in [1.82, 2.24) is 14.5 Å². The van der Waals surface area contributed by atoms with E-state index >= 15 is 0 Å². The molecule has 42 heavy (non-hydrogen) atoms. The highest BCUT2D eigenvalue weighted by Gasteiger charge is 2.22. The van der Waals surface area contributed by atoms with Crippen molar-refractivity contribution < 1.29 is 14.2 Å². The number of rotatable bonds is 15. The van der Waals surface area contributed by atoms with Crippen LogP contribution in [0.15, 0.2) is 73.3 Å². The monoisotopic (exact) mass is 571 g/mol. The largest absolute Gasteiger partial charge is 0.494 e. The standard InChI is InChI=1S/C34H43N3O3.C2H6/c1-6-11-15-28(8-3)34-30(37(19-12-7-2)33(9-4)35-34)24-36(22-26-14-13-16-29(20-26)38-10-5)23-27-17-18-31-32(21-27)40-25-39-31;1-2/h6,8,11,13-18,20-21H,3,7,9-10,12,19,22-25H2,1-2,4-5H3;1-2H3/b11-6-,28-15+;. The van der Waals surface area contributed by atoms with Crippen LogP contribution in [-0.2, 0) is 32.6 Å². The highest BCUT2D eigenvalue weighted by atomic mass is 16.7. The molecule has 1 aliphatic heterocycles. The number of benzene rings is 2. The van der Waals surface area contributed by atoms with Gasteiger partial charge in [-0.2, -0.15) is 0 Å². The van der Waals surface area contributed by atoms with Gasteiger partial charge in [0.25, 0.3) is 0 Å². The molecule has 0 bridgehead atoms. The Kier molecular flexibility index (Phi) is 13.4. The predicted octanol–water partition coefficient (Wildman–Crippen LogP) is 8.75. The Morgan fingerprint density at radius 1 is 1.02 bits per heavy atom. The van der Waals surface area contributed by atoms with Crippen molar-refractivity contribution in [3.8, 4) is 17.2 Å². The van der Waals surface area contributed by atoms with E-state index in [0.717, 1.165) is 79.8 Å². The highest BCUT2D eigenvalue weighted by Crippen LogP contribution is 2.33. The summed E-state index contributed by atoms with van der Waals surface area (Å²) in [6.07, 6.45) is 11.2. The zero-order chi connectivity index (χ0) is 30.3. The van der Waals surface area contributed by atoms with E-state index in [1.54, 1.807) is 0 Å². The smallest absolute Gasteiger partial charge is 0.231 e. The number of nitrogens with zero attached hydrogens (tertiary/aromatic N) is 3. The first-order chi connectivity index (χ1) is 20.6. The Hall–Kier alpha value is -3.77. The molecule has 0 saturated carbocycles. The van der Waals surface area contributed by atoms with E-state index in [-0.39, 0.29) is 6.79 Å². The zero-order valence-electron chi connectivity index (χ0n) is 26.5. The van der Waals surface area contributed by atoms with Gasteiger partial charge in [-0.25, -0.2) is 4.98 Å². The van der Waals surface area contributed by atoms with Crippen molar-refractivity contribution >= 4 is 5.57 Å². The molecule has 6 heteroatoms. The van der Waals surface area contributed by atoms with Gasteiger partial charge in [-0.15, -0.1) is 0 Å². The normalized spacial score (nSPS) is 12.5. The molecule has 0 atom stereocenters. The van der Waals surface area contributed by atoms with Gasteiger partial charge in [-0.3, -0.25) is 4.90 Å². The van der Waals surface area contributed by atoms with E-state index in [1.165, 1.54) is 16.8 Å². The Labute approximate surface area is 253 Å². The third kappa shape index (κ3) is 8.62. The molecule has 3 aromatic rings. The van der Waals surface area contributed by atoms with E-state index in [2.05, 4.69) is 72.4 Å². The van der Waals surface area contributed by atoms with E-state index in [0.29, 0.717) is 6.61 Å². The molecule has 0 radical (unpaired) electrons. The minimum absolute atomic E-state index is 0.273. The Balaban J connectivity index is 0.00000237. The van der Waals surface area contributed by atoms with E-state index in [9.17, 15) is 0 Å². The number of hydrogen-bond acceptors (Lipinski definition) is 5. The van der Waals surface area contributed by atoms with Gasteiger partial charge in [0.05, 0.1) is 18.0 Å². The number of fused-ring (bicyclic) bond motifs is 1. The number of hydrogen-bond donors (Lipinski definition) is 0. The molecule has 2 aromatic carbocycles. The van der Waals surface area contributed by atoms with Crippen molar-refractivity contribution in [2.24, 2.45) is 0 Å². The van der Waals surface area contributed by atoms with Gasteiger partial charge in [-0.05, 0) is 55.7 Å². The van der Waals surface area contributed by atoms with Crippen LogP contribution in [0.25, 0.3) is 5.57 Å². The topological polar surface area (TPSA) is 48.8 Å². The van der Waals surface area contributed by atoms with Crippen LogP contribution < -0.4 is 14.2 Å². The molecule has 0 unspecified atom stereocenters. The predicted molar refractivity (Wildman–Crippen MR) is 174 cm³/mol. The van der Waals surface area contributed by atoms with Gasteiger partial charge < -0.3 is 18.8 Å². The highest BCUT2D eigenvalue weighted by molar-refractivity contribution is 5.74. The number of allylic oxidation sites excluding steroid dienone is 5. The van der Waals surface area contributed by atoms with Gasteiger partial charge in [0, 0.05) is 38.2 Å². The zero-order valence-corrected chi connectivity index (χ0v) is 26.5.